The molecule has 0 amide bonds. The first kappa shape index (κ1) is 13.5. The van der Waals surface area contributed by atoms with Crippen LogP contribution in [0.15, 0.2) is 30.6 Å². The second-order valence-corrected chi connectivity index (χ2v) is 4.56. The maximum absolute atomic E-state index is 5.23. The van der Waals surface area contributed by atoms with Crippen molar-refractivity contribution >= 4 is 0 Å². The lowest BCUT2D eigenvalue weighted by Crippen LogP contribution is -2.21. The quantitative estimate of drug-likeness (QED) is 0.913. The molecular weight excluding hydrogens is 238 g/mol. The number of hydrogen-bond donors (Lipinski definition) is 1. The molecule has 0 bridgehead atoms. The van der Waals surface area contributed by atoms with Crippen LogP contribution in [0.3, 0.4) is 0 Å². The number of ether oxygens (including phenoxy) is 1. The molecule has 0 aliphatic carbocycles. The summed E-state index contributed by atoms with van der Waals surface area (Å²) in [7, 11) is 3.59. The van der Waals surface area contributed by atoms with E-state index in [9.17, 15) is 0 Å². The predicted molar refractivity (Wildman–Crippen MR) is 75.4 cm³/mol. The second-order valence-electron chi connectivity index (χ2n) is 4.56. The Hall–Kier alpha value is -1.94. The summed E-state index contributed by atoms with van der Waals surface area (Å²) in [5.74, 6) is 1.64. The first-order valence-electron chi connectivity index (χ1n) is 6.26. The van der Waals surface area contributed by atoms with Crippen molar-refractivity contribution in [2.75, 3.05) is 14.2 Å². The molecular formula is C15H19N3O. The molecule has 0 spiro atoms. The lowest BCUT2D eigenvalue weighted by atomic mass is 10.0. The molecule has 100 valence electrons. The van der Waals surface area contributed by atoms with Gasteiger partial charge in [0.05, 0.1) is 13.2 Å². The van der Waals surface area contributed by atoms with Crippen LogP contribution in [0.4, 0.5) is 0 Å². The van der Waals surface area contributed by atoms with Gasteiger partial charge in [0.15, 0.2) is 0 Å². The Balaban J connectivity index is 2.39. The molecule has 0 aliphatic heterocycles. The van der Waals surface area contributed by atoms with Crippen molar-refractivity contribution in [2.45, 2.75) is 19.9 Å². The fourth-order valence-electron chi connectivity index (χ4n) is 2.07. The Morgan fingerprint density at radius 3 is 2.37 bits per heavy atom. The van der Waals surface area contributed by atoms with Crippen molar-refractivity contribution in [3.8, 4) is 5.75 Å². The van der Waals surface area contributed by atoms with Gasteiger partial charge < -0.3 is 10.1 Å². The Bertz CT molecular complexity index is 552. The van der Waals surface area contributed by atoms with E-state index in [1.54, 1.807) is 7.11 Å². The highest BCUT2D eigenvalue weighted by molar-refractivity contribution is 5.38. The maximum Gasteiger partial charge on any atom is 0.149 e. The van der Waals surface area contributed by atoms with Gasteiger partial charge in [-0.15, -0.1) is 0 Å². The van der Waals surface area contributed by atoms with E-state index in [1.807, 2.05) is 38.5 Å². The third kappa shape index (κ3) is 2.90. The van der Waals surface area contributed by atoms with E-state index >= 15 is 0 Å². The number of aromatic nitrogens is 2. The summed E-state index contributed by atoms with van der Waals surface area (Å²) in [4.78, 5) is 8.81. The third-order valence-electron chi connectivity index (χ3n) is 3.14. The van der Waals surface area contributed by atoms with Crippen molar-refractivity contribution in [1.82, 2.24) is 15.3 Å². The molecule has 19 heavy (non-hydrogen) atoms. The predicted octanol–water partition coefficient (Wildman–Crippen LogP) is 2.41. The van der Waals surface area contributed by atoms with Gasteiger partial charge >= 0.3 is 0 Å². The van der Waals surface area contributed by atoms with Gasteiger partial charge in [-0.25, -0.2) is 9.97 Å². The third-order valence-corrected chi connectivity index (χ3v) is 3.14. The SMILES string of the molecule is CNC(c1ncc(C)cn1)c1ccc(OC)cc1C. The molecule has 4 nitrogen and oxygen atoms in total. The molecule has 1 heterocycles. The van der Waals surface area contributed by atoms with Crippen molar-refractivity contribution in [1.29, 1.82) is 0 Å². The van der Waals surface area contributed by atoms with Gasteiger partial charge in [0.25, 0.3) is 0 Å². The molecule has 1 unspecified atom stereocenters. The molecule has 2 rings (SSSR count). The van der Waals surface area contributed by atoms with E-state index in [2.05, 4.69) is 28.3 Å². The number of nitrogens with one attached hydrogen (secondary N) is 1. The zero-order valence-corrected chi connectivity index (χ0v) is 11.8. The molecule has 0 aliphatic rings. The van der Waals surface area contributed by atoms with Gasteiger partial charge in [0.1, 0.15) is 11.6 Å². The average Bonchev–Trinajstić information content (AvgIpc) is 2.43. The molecule has 1 atom stereocenters. The Morgan fingerprint density at radius 1 is 1.16 bits per heavy atom. The fraction of sp³-hybridized carbons (Fsp3) is 0.333. The number of hydrogen-bond acceptors (Lipinski definition) is 4. The number of rotatable bonds is 4. The van der Waals surface area contributed by atoms with Crippen LogP contribution in [0.25, 0.3) is 0 Å². The molecule has 0 saturated carbocycles. The highest BCUT2D eigenvalue weighted by Gasteiger charge is 2.17. The fourth-order valence-corrected chi connectivity index (χ4v) is 2.07. The zero-order valence-electron chi connectivity index (χ0n) is 11.8. The first-order chi connectivity index (χ1) is 9.15. The summed E-state index contributed by atoms with van der Waals surface area (Å²) in [6, 6.07) is 6.03. The zero-order chi connectivity index (χ0) is 13.8. The summed E-state index contributed by atoms with van der Waals surface area (Å²) >= 11 is 0. The van der Waals surface area contributed by atoms with Gasteiger partial charge in [-0.05, 0) is 49.7 Å². The maximum atomic E-state index is 5.23. The van der Waals surface area contributed by atoms with Gasteiger partial charge in [-0.1, -0.05) is 6.07 Å². The molecule has 0 fully saturated rings. The van der Waals surface area contributed by atoms with Gasteiger partial charge in [-0.3, -0.25) is 0 Å². The van der Waals surface area contributed by atoms with Crippen molar-refractivity contribution < 1.29 is 4.74 Å². The van der Waals surface area contributed by atoms with E-state index in [4.69, 9.17) is 4.74 Å². The highest BCUT2D eigenvalue weighted by atomic mass is 16.5. The Labute approximate surface area is 113 Å². The van der Waals surface area contributed by atoms with Crippen molar-refractivity contribution in [3.05, 3.63) is 53.1 Å². The minimum absolute atomic E-state index is 0.00786. The molecule has 1 N–H and O–H groups in total. The van der Waals surface area contributed by atoms with Crippen LogP contribution >= 0.6 is 0 Å². The van der Waals surface area contributed by atoms with Crippen LogP contribution in [0, 0.1) is 13.8 Å². The molecule has 1 aromatic heterocycles. The average molecular weight is 257 g/mol. The van der Waals surface area contributed by atoms with Gasteiger partial charge in [-0.2, -0.15) is 0 Å². The lowest BCUT2D eigenvalue weighted by Gasteiger charge is -2.18. The monoisotopic (exact) mass is 257 g/mol. The highest BCUT2D eigenvalue weighted by Crippen LogP contribution is 2.25. The van der Waals surface area contributed by atoms with Crippen molar-refractivity contribution in [2.24, 2.45) is 0 Å². The molecule has 1 aromatic carbocycles. The topological polar surface area (TPSA) is 47.0 Å². The van der Waals surface area contributed by atoms with Crippen LogP contribution in [0.5, 0.6) is 5.75 Å². The minimum Gasteiger partial charge on any atom is -0.497 e. The molecule has 0 radical (unpaired) electrons. The number of benzene rings is 1. The van der Waals surface area contributed by atoms with E-state index in [0.29, 0.717) is 0 Å². The summed E-state index contributed by atoms with van der Waals surface area (Å²) in [6.45, 7) is 4.05. The van der Waals surface area contributed by atoms with Crippen LogP contribution in [-0.4, -0.2) is 24.1 Å². The standard InChI is InChI=1S/C15H19N3O/c1-10-8-17-15(18-9-10)14(16-3)13-6-5-12(19-4)7-11(13)2/h5-9,14,16H,1-4H3. The van der Waals surface area contributed by atoms with Crippen LogP contribution < -0.4 is 10.1 Å². The van der Waals surface area contributed by atoms with Crippen LogP contribution in [-0.2, 0) is 0 Å². The summed E-state index contributed by atoms with van der Waals surface area (Å²) in [6.07, 6.45) is 3.68. The largest absolute Gasteiger partial charge is 0.497 e. The Kier molecular flexibility index (Phi) is 4.12. The molecule has 4 heteroatoms. The number of nitrogens with zero attached hydrogens (tertiary/aromatic N) is 2. The first-order valence-corrected chi connectivity index (χ1v) is 6.26. The van der Waals surface area contributed by atoms with Crippen LogP contribution in [0.1, 0.15) is 28.6 Å². The van der Waals surface area contributed by atoms with Crippen LogP contribution in [0.2, 0.25) is 0 Å². The smallest absolute Gasteiger partial charge is 0.149 e. The summed E-state index contributed by atoms with van der Waals surface area (Å²) in [5.41, 5.74) is 3.38. The number of aryl methyl sites for hydroxylation is 2. The summed E-state index contributed by atoms with van der Waals surface area (Å²) < 4.78 is 5.23. The summed E-state index contributed by atoms with van der Waals surface area (Å²) in [5, 5.41) is 3.27. The second kappa shape index (κ2) is 5.80. The van der Waals surface area contributed by atoms with E-state index in [0.717, 1.165) is 28.3 Å². The van der Waals surface area contributed by atoms with E-state index < -0.39 is 0 Å². The van der Waals surface area contributed by atoms with Gasteiger partial charge in [0, 0.05) is 12.4 Å². The number of methoxy groups -OCH3 is 1. The van der Waals surface area contributed by atoms with Gasteiger partial charge in [0.2, 0.25) is 0 Å². The van der Waals surface area contributed by atoms with Crippen molar-refractivity contribution in [3.63, 3.8) is 0 Å². The Morgan fingerprint density at radius 2 is 1.84 bits per heavy atom. The lowest BCUT2D eigenvalue weighted by molar-refractivity contribution is 0.414. The molecule has 0 saturated heterocycles. The normalized spacial score (nSPS) is 12.2. The van der Waals surface area contributed by atoms with E-state index in [1.165, 1.54) is 0 Å². The molecule has 2 aromatic rings. The minimum atomic E-state index is -0.00786. The van der Waals surface area contributed by atoms with E-state index in [-0.39, 0.29) is 6.04 Å².